The van der Waals surface area contributed by atoms with Crippen LogP contribution in [0.25, 0.3) is 0 Å². The van der Waals surface area contributed by atoms with E-state index in [2.05, 4.69) is 9.97 Å². The predicted octanol–water partition coefficient (Wildman–Crippen LogP) is 0.695. The molecule has 7 nitrogen and oxygen atoms in total. The number of carboxylic acid groups (broad SMARTS) is 1. The standard InChI is InChI=1S/C15H17N3O4S/c19-15(20)14-8-12-13(17-10-16-12)9-18(14)6-7-23(21,22)11-4-2-1-3-5-11/h1-5,10,14H,6-9H2,(H,16,17)(H,19,20). The highest BCUT2D eigenvalue weighted by atomic mass is 32.2. The third kappa shape index (κ3) is 3.27. The Bertz CT molecular complexity index is 801. The molecule has 2 N–H and O–H groups in total. The summed E-state index contributed by atoms with van der Waals surface area (Å²) >= 11 is 0. The lowest BCUT2D eigenvalue weighted by Gasteiger charge is -2.32. The van der Waals surface area contributed by atoms with Crippen LogP contribution >= 0.6 is 0 Å². The van der Waals surface area contributed by atoms with Gasteiger partial charge in [-0.15, -0.1) is 0 Å². The number of carbonyl (C=O) groups is 1. The van der Waals surface area contributed by atoms with Gasteiger partial charge in [0.25, 0.3) is 0 Å². The van der Waals surface area contributed by atoms with Crippen LogP contribution in [0, 0.1) is 0 Å². The number of aromatic amines is 1. The highest BCUT2D eigenvalue weighted by molar-refractivity contribution is 7.91. The molecule has 0 bridgehead atoms. The molecule has 0 aliphatic carbocycles. The van der Waals surface area contributed by atoms with E-state index >= 15 is 0 Å². The third-order valence-electron chi connectivity index (χ3n) is 4.03. The largest absolute Gasteiger partial charge is 0.480 e. The molecule has 0 saturated carbocycles. The number of H-pyrrole nitrogens is 1. The Kier molecular flexibility index (Phi) is 4.18. The second-order valence-electron chi connectivity index (χ2n) is 5.49. The van der Waals surface area contributed by atoms with Gasteiger partial charge in [0.15, 0.2) is 9.84 Å². The van der Waals surface area contributed by atoms with Crippen LogP contribution in [0.4, 0.5) is 0 Å². The van der Waals surface area contributed by atoms with Crippen molar-refractivity contribution in [3.8, 4) is 0 Å². The number of sulfone groups is 1. The minimum atomic E-state index is -3.43. The molecule has 0 spiro atoms. The average molecular weight is 335 g/mol. The second-order valence-corrected chi connectivity index (χ2v) is 7.60. The van der Waals surface area contributed by atoms with E-state index in [9.17, 15) is 18.3 Å². The summed E-state index contributed by atoms with van der Waals surface area (Å²) < 4.78 is 24.7. The van der Waals surface area contributed by atoms with Crippen molar-refractivity contribution in [2.45, 2.75) is 23.9 Å². The van der Waals surface area contributed by atoms with E-state index in [1.54, 1.807) is 35.2 Å². The van der Waals surface area contributed by atoms with Gasteiger partial charge in [0, 0.05) is 19.5 Å². The summed E-state index contributed by atoms with van der Waals surface area (Å²) in [6, 6.07) is 7.44. The molecular formula is C15H17N3O4S. The Balaban J connectivity index is 1.75. The first-order chi connectivity index (χ1) is 11.0. The summed E-state index contributed by atoms with van der Waals surface area (Å²) in [6.45, 7) is 0.517. The zero-order valence-electron chi connectivity index (χ0n) is 12.3. The number of nitrogens with zero attached hydrogens (tertiary/aromatic N) is 2. The number of aliphatic carboxylic acids is 1. The van der Waals surface area contributed by atoms with Crippen molar-refractivity contribution >= 4 is 15.8 Å². The van der Waals surface area contributed by atoms with Gasteiger partial charge in [-0.05, 0) is 12.1 Å². The molecule has 23 heavy (non-hydrogen) atoms. The van der Waals surface area contributed by atoms with Crippen LogP contribution in [0.3, 0.4) is 0 Å². The number of carboxylic acids is 1. The van der Waals surface area contributed by atoms with E-state index in [1.807, 2.05) is 0 Å². The van der Waals surface area contributed by atoms with Crippen LogP contribution in [0.5, 0.6) is 0 Å². The van der Waals surface area contributed by atoms with Crippen molar-refractivity contribution in [2.24, 2.45) is 0 Å². The molecular weight excluding hydrogens is 318 g/mol. The summed E-state index contributed by atoms with van der Waals surface area (Å²) in [7, 11) is -3.43. The van der Waals surface area contributed by atoms with E-state index in [0.717, 1.165) is 11.4 Å². The normalized spacial score (nSPS) is 18.5. The third-order valence-corrected chi connectivity index (χ3v) is 5.74. The fourth-order valence-corrected chi connectivity index (χ4v) is 4.03. The molecule has 8 heteroatoms. The number of benzene rings is 1. The molecule has 0 saturated heterocycles. The Morgan fingerprint density at radius 2 is 2.09 bits per heavy atom. The van der Waals surface area contributed by atoms with Crippen molar-refractivity contribution < 1.29 is 18.3 Å². The maximum Gasteiger partial charge on any atom is 0.321 e. The SMILES string of the molecule is O=C(O)C1Cc2nc[nH]c2CN1CCS(=O)(=O)c1ccccc1. The zero-order valence-corrected chi connectivity index (χ0v) is 13.2. The number of rotatable bonds is 5. The maximum absolute atomic E-state index is 12.4. The topological polar surface area (TPSA) is 103 Å². The Morgan fingerprint density at radius 3 is 2.78 bits per heavy atom. The van der Waals surface area contributed by atoms with Gasteiger partial charge in [-0.25, -0.2) is 13.4 Å². The summed E-state index contributed by atoms with van der Waals surface area (Å²) in [5.74, 6) is -1.08. The van der Waals surface area contributed by atoms with Crippen molar-refractivity contribution in [3.05, 3.63) is 48.0 Å². The summed E-state index contributed by atoms with van der Waals surface area (Å²) in [5.41, 5.74) is 1.58. The molecule has 0 amide bonds. The summed E-state index contributed by atoms with van der Waals surface area (Å²) in [4.78, 5) is 20.5. The molecule has 2 heterocycles. The Morgan fingerprint density at radius 1 is 1.35 bits per heavy atom. The first-order valence-electron chi connectivity index (χ1n) is 7.23. The number of fused-ring (bicyclic) bond motifs is 1. The summed E-state index contributed by atoms with van der Waals surface area (Å²) in [5, 5.41) is 9.39. The van der Waals surface area contributed by atoms with Crippen LogP contribution in [-0.2, 0) is 27.6 Å². The molecule has 0 fully saturated rings. The maximum atomic E-state index is 12.4. The molecule has 1 aliphatic heterocycles. The van der Waals surface area contributed by atoms with Gasteiger partial charge in [0.05, 0.1) is 28.4 Å². The van der Waals surface area contributed by atoms with Crippen molar-refractivity contribution in [1.29, 1.82) is 0 Å². The molecule has 1 atom stereocenters. The van der Waals surface area contributed by atoms with Gasteiger partial charge in [-0.1, -0.05) is 18.2 Å². The minimum Gasteiger partial charge on any atom is -0.480 e. The number of hydrogen-bond donors (Lipinski definition) is 2. The smallest absolute Gasteiger partial charge is 0.321 e. The van der Waals surface area contributed by atoms with Crippen molar-refractivity contribution in [1.82, 2.24) is 14.9 Å². The molecule has 1 aromatic carbocycles. The van der Waals surface area contributed by atoms with E-state index in [-0.39, 0.29) is 23.6 Å². The molecule has 3 rings (SSSR count). The van der Waals surface area contributed by atoms with Crippen molar-refractivity contribution in [2.75, 3.05) is 12.3 Å². The number of nitrogens with one attached hydrogen (secondary N) is 1. The number of hydrogen-bond acceptors (Lipinski definition) is 5. The number of imidazole rings is 1. The number of aromatic nitrogens is 2. The molecule has 1 aromatic heterocycles. The lowest BCUT2D eigenvalue weighted by molar-refractivity contribution is -0.143. The van der Waals surface area contributed by atoms with Gasteiger partial charge in [-0.3, -0.25) is 9.69 Å². The van der Waals surface area contributed by atoms with Crippen LogP contribution < -0.4 is 0 Å². The average Bonchev–Trinajstić information content (AvgIpc) is 3.00. The van der Waals surface area contributed by atoms with Crippen molar-refractivity contribution in [3.63, 3.8) is 0 Å². The molecule has 1 aliphatic rings. The summed E-state index contributed by atoms with van der Waals surface area (Å²) in [6.07, 6.45) is 1.81. The van der Waals surface area contributed by atoms with Crippen LogP contribution in [-0.4, -0.2) is 52.7 Å². The van der Waals surface area contributed by atoms with Gasteiger partial charge in [0.2, 0.25) is 0 Å². The molecule has 122 valence electrons. The highest BCUT2D eigenvalue weighted by Crippen LogP contribution is 2.21. The second kappa shape index (κ2) is 6.13. The first kappa shape index (κ1) is 15.7. The minimum absolute atomic E-state index is 0.121. The molecule has 0 radical (unpaired) electrons. The zero-order chi connectivity index (χ0) is 16.4. The fraction of sp³-hybridized carbons (Fsp3) is 0.333. The van der Waals surface area contributed by atoms with E-state index < -0.39 is 21.8 Å². The lowest BCUT2D eigenvalue weighted by Crippen LogP contribution is -2.47. The van der Waals surface area contributed by atoms with Gasteiger partial charge in [0.1, 0.15) is 6.04 Å². The van der Waals surface area contributed by atoms with Gasteiger partial charge >= 0.3 is 5.97 Å². The molecule has 1 unspecified atom stereocenters. The van der Waals surface area contributed by atoms with Crippen LogP contribution in [0.2, 0.25) is 0 Å². The fourth-order valence-electron chi connectivity index (χ4n) is 2.75. The Labute approximate surface area is 133 Å². The monoisotopic (exact) mass is 335 g/mol. The van der Waals surface area contributed by atoms with E-state index in [1.165, 1.54) is 6.33 Å². The van der Waals surface area contributed by atoms with E-state index in [4.69, 9.17) is 0 Å². The lowest BCUT2D eigenvalue weighted by atomic mass is 10.0. The quantitative estimate of drug-likeness (QED) is 0.833. The van der Waals surface area contributed by atoms with E-state index in [0.29, 0.717) is 6.54 Å². The van der Waals surface area contributed by atoms with Gasteiger partial charge in [-0.2, -0.15) is 0 Å². The van der Waals surface area contributed by atoms with Crippen LogP contribution in [0.1, 0.15) is 11.4 Å². The highest BCUT2D eigenvalue weighted by Gasteiger charge is 2.33. The molecule has 2 aromatic rings. The first-order valence-corrected chi connectivity index (χ1v) is 8.88. The Hall–Kier alpha value is -2.19. The van der Waals surface area contributed by atoms with Crippen LogP contribution in [0.15, 0.2) is 41.6 Å². The predicted molar refractivity (Wildman–Crippen MR) is 82.6 cm³/mol. The van der Waals surface area contributed by atoms with Gasteiger partial charge < -0.3 is 10.1 Å².